The second kappa shape index (κ2) is 7.63. The second-order valence-corrected chi connectivity index (χ2v) is 6.56. The van der Waals surface area contributed by atoms with E-state index in [0.29, 0.717) is 30.4 Å². The van der Waals surface area contributed by atoms with Crippen LogP contribution in [0.4, 0.5) is 17.2 Å². The number of aromatic nitrogens is 2. The molecule has 140 valence electrons. The predicted octanol–water partition coefficient (Wildman–Crippen LogP) is 2.84. The van der Waals surface area contributed by atoms with Gasteiger partial charge in [-0.25, -0.2) is 4.68 Å². The number of anilines is 2. The van der Waals surface area contributed by atoms with E-state index in [9.17, 15) is 10.1 Å². The molecule has 1 aromatic heterocycles. The van der Waals surface area contributed by atoms with Gasteiger partial charge in [0.15, 0.2) is 0 Å². The fourth-order valence-electron chi connectivity index (χ4n) is 3.48. The lowest BCUT2D eigenvalue weighted by Gasteiger charge is -2.19. The Morgan fingerprint density at radius 3 is 2.96 bits per heavy atom. The van der Waals surface area contributed by atoms with Crippen LogP contribution in [-0.2, 0) is 13.5 Å². The van der Waals surface area contributed by atoms with Gasteiger partial charge in [-0.2, -0.15) is 5.10 Å². The van der Waals surface area contributed by atoms with Crippen molar-refractivity contribution >= 4 is 17.2 Å². The first kappa shape index (κ1) is 18.0. The van der Waals surface area contributed by atoms with Gasteiger partial charge in [-0.05, 0) is 30.9 Å². The molecule has 1 aliphatic heterocycles. The van der Waals surface area contributed by atoms with E-state index in [-0.39, 0.29) is 10.6 Å². The van der Waals surface area contributed by atoms with Crippen LogP contribution in [-0.4, -0.2) is 41.4 Å². The Morgan fingerprint density at radius 1 is 1.46 bits per heavy atom. The summed E-state index contributed by atoms with van der Waals surface area (Å²) in [6.45, 7) is 4.44. The van der Waals surface area contributed by atoms with Crippen molar-refractivity contribution < 1.29 is 9.66 Å². The number of nitrogens with one attached hydrogen (secondary N) is 1. The van der Waals surface area contributed by atoms with Gasteiger partial charge in [0.2, 0.25) is 5.82 Å². The Kier molecular flexibility index (Phi) is 5.29. The van der Waals surface area contributed by atoms with Crippen molar-refractivity contribution in [3.63, 3.8) is 0 Å². The zero-order valence-electron chi connectivity index (χ0n) is 15.4. The molecule has 0 spiro atoms. The number of nitro groups is 1. The molecule has 0 bridgehead atoms. The quantitative estimate of drug-likeness (QED) is 0.604. The minimum atomic E-state index is -0.342. The normalized spacial score (nSPS) is 16.7. The SMILES string of the molecule is CCc1nn(C)c(NCC2CCN(c3cccc(OC)c3)C2)c1[N+](=O)[O-]. The highest BCUT2D eigenvalue weighted by Crippen LogP contribution is 2.30. The Morgan fingerprint density at radius 2 is 2.27 bits per heavy atom. The van der Waals surface area contributed by atoms with Crippen molar-refractivity contribution in [2.24, 2.45) is 13.0 Å². The first-order valence-corrected chi connectivity index (χ1v) is 8.86. The van der Waals surface area contributed by atoms with Crippen LogP contribution < -0.4 is 15.0 Å². The van der Waals surface area contributed by atoms with Gasteiger partial charge in [0.05, 0.1) is 12.0 Å². The highest BCUT2D eigenvalue weighted by molar-refractivity contribution is 5.60. The average Bonchev–Trinajstić information content (AvgIpc) is 3.24. The van der Waals surface area contributed by atoms with E-state index in [4.69, 9.17) is 4.74 Å². The van der Waals surface area contributed by atoms with Crippen LogP contribution in [0.1, 0.15) is 19.0 Å². The highest BCUT2D eigenvalue weighted by Gasteiger charge is 2.28. The number of hydrogen-bond donors (Lipinski definition) is 1. The van der Waals surface area contributed by atoms with Gasteiger partial charge in [0, 0.05) is 38.4 Å². The van der Waals surface area contributed by atoms with E-state index in [1.165, 1.54) is 0 Å². The summed E-state index contributed by atoms with van der Waals surface area (Å²) in [5.74, 6) is 1.76. The molecule has 8 heteroatoms. The summed E-state index contributed by atoms with van der Waals surface area (Å²) in [6.07, 6.45) is 1.58. The van der Waals surface area contributed by atoms with Crippen LogP contribution in [0.25, 0.3) is 0 Å². The number of nitrogens with zero attached hydrogens (tertiary/aromatic N) is 4. The molecular weight excluding hydrogens is 334 g/mol. The van der Waals surface area contributed by atoms with E-state index >= 15 is 0 Å². The van der Waals surface area contributed by atoms with Crippen LogP contribution in [0.2, 0.25) is 0 Å². The summed E-state index contributed by atoms with van der Waals surface area (Å²) in [5, 5.41) is 18.9. The Hall–Kier alpha value is -2.77. The van der Waals surface area contributed by atoms with Crippen molar-refractivity contribution in [2.75, 3.05) is 37.0 Å². The van der Waals surface area contributed by atoms with Gasteiger partial charge in [-0.1, -0.05) is 13.0 Å². The molecule has 0 radical (unpaired) electrons. The third-order valence-corrected chi connectivity index (χ3v) is 4.87. The topological polar surface area (TPSA) is 85.5 Å². The fraction of sp³-hybridized carbons (Fsp3) is 0.500. The van der Waals surface area contributed by atoms with E-state index in [1.807, 2.05) is 25.1 Å². The van der Waals surface area contributed by atoms with Crippen molar-refractivity contribution in [2.45, 2.75) is 19.8 Å². The standard InChI is InChI=1S/C18H25N5O3/c1-4-16-17(23(24)25)18(21(2)20-16)19-11-13-8-9-22(12-13)14-6-5-7-15(10-14)26-3/h5-7,10,13,19H,4,8-9,11-12H2,1-3H3. The summed E-state index contributed by atoms with van der Waals surface area (Å²) in [4.78, 5) is 13.4. The maximum absolute atomic E-state index is 11.4. The van der Waals surface area contributed by atoms with Gasteiger partial charge in [0.25, 0.3) is 0 Å². The Labute approximate surface area is 152 Å². The molecule has 3 rings (SSSR count). The lowest BCUT2D eigenvalue weighted by Crippen LogP contribution is -2.23. The van der Waals surface area contributed by atoms with Gasteiger partial charge in [-0.15, -0.1) is 0 Å². The fourth-order valence-corrected chi connectivity index (χ4v) is 3.48. The molecule has 0 saturated carbocycles. The molecule has 1 fully saturated rings. The molecule has 1 N–H and O–H groups in total. The molecule has 1 unspecified atom stereocenters. The van der Waals surface area contributed by atoms with E-state index in [1.54, 1.807) is 18.8 Å². The van der Waals surface area contributed by atoms with E-state index in [0.717, 1.165) is 30.9 Å². The zero-order valence-corrected chi connectivity index (χ0v) is 15.4. The van der Waals surface area contributed by atoms with Gasteiger partial charge < -0.3 is 15.0 Å². The van der Waals surface area contributed by atoms with E-state index in [2.05, 4.69) is 21.4 Å². The van der Waals surface area contributed by atoms with Crippen molar-refractivity contribution in [1.82, 2.24) is 9.78 Å². The minimum absolute atomic E-state index is 0.0950. The van der Waals surface area contributed by atoms with Crippen LogP contribution in [0.5, 0.6) is 5.75 Å². The number of hydrogen-bond acceptors (Lipinski definition) is 6. The first-order chi connectivity index (χ1) is 12.5. The van der Waals surface area contributed by atoms with E-state index < -0.39 is 0 Å². The van der Waals surface area contributed by atoms with Crippen molar-refractivity contribution in [3.05, 3.63) is 40.1 Å². The lowest BCUT2D eigenvalue weighted by atomic mass is 10.1. The summed E-state index contributed by atoms with van der Waals surface area (Å²) in [7, 11) is 3.41. The maximum atomic E-state index is 11.4. The third-order valence-electron chi connectivity index (χ3n) is 4.87. The average molecular weight is 359 g/mol. The molecular formula is C18H25N5O3. The van der Waals surface area contributed by atoms with Crippen molar-refractivity contribution in [3.8, 4) is 5.75 Å². The highest BCUT2D eigenvalue weighted by atomic mass is 16.6. The number of ether oxygens (including phenoxy) is 1. The summed E-state index contributed by atoms with van der Waals surface area (Å²) < 4.78 is 6.87. The molecule has 2 heterocycles. The number of benzene rings is 1. The third kappa shape index (κ3) is 3.58. The molecule has 8 nitrogen and oxygen atoms in total. The lowest BCUT2D eigenvalue weighted by molar-refractivity contribution is -0.384. The largest absolute Gasteiger partial charge is 0.497 e. The van der Waals surface area contributed by atoms with Gasteiger partial charge in [-0.3, -0.25) is 10.1 Å². The zero-order chi connectivity index (χ0) is 18.7. The van der Waals surface area contributed by atoms with Crippen LogP contribution in [0, 0.1) is 16.0 Å². The van der Waals surface area contributed by atoms with Gasteiger partial charge >= 0.3 is 5.69 Å². The van der Waals surface area contributed by atoms with Gasteiger partial charge in [0.1, 0.15) is 11.4 Å². The first-order valence-electron chi connectivity index (χ1n) is 8.86. The number of rotatable bonds is 7. The minimum Gasteiger partial charge on any atom is -0.497 e. The van der Waals surface area contributed by atoms with Crippen LogP contribution in [0.3, 0.4) is 0 Å². The molecule has 0 aliphatic carbocycles. The Balaban J connectivity index is 1.65. The van der Waals surface area contributed by atoms with Crippen molar-refractivity contribution in [1.29, 1.82) is 0 Å². The molecule has 26 heavy (non-hydrogen) atoms. The number of aryl methyl sites for hydroxylation is 2. The molecule has 0 amide bonds. The molecule has 1 atom stereocenters. The van der Waals surface area contributed by atoms with Crippen LogP contribution >= 0.6 is 0 Å². The number of methoxy groups -OCH3 is 1. The molecule has 1 saturated heterocycles. The summed E-state index contributed by atoms with van der Waals surface area (Å²) >= 11 is 0. The molecule has 1 aromatic carbocycles. The smallest absolute Gasteiger partial charge is 0.333 e. The second-order valence-electron chi connectivity index (χ2n) is 6.56. The molecule has 2 aromatic rings. The Bertz CT molecular complexity index is 789. The van der Waals surface area contributed by atoms with Crippen LogP contribution in [0.15, 0.2) is 24.3 Å². The monoisotopic (exact) mass is 359 g/mol. The molecule has 1 aliphatic rings. The maximum Gasteiger partial charge on any atom is 0.333 e. The summed E-state index contributed by atoms with van der Waals surface area (Å²) in [6, 6.07) is 8.05. The predicted molar refractivity (Wildman–Crippen MR) is 101 cm³/mol. The summed E-state index contributed by atoms with van der Waals surface area (Å²) in [5.41, 5.74) is 1.76.